The molecule has 0 fully saturated rings. The second-order valence-electron chi connectivity index (χ2n) is 4.68. The number of azo groups is 1. The van der Waals surface area contributed by atoms with E-state index < -0.39 is 10.1 Å². The molecule has 0 spiro atoms. The summed E-state index contributed by atoms with van der Waals surface area (Å²) in [6.07, 6.45) is 1.57. The Bertz CT molecular complexity index is 1000. The molecule has 3 rings (SSSR count). The first-order valence-electron chi connectivity index (χ1n) is 6.51. The van der Waals surface area contributed by atoms with Crippen LogP contribution in [0.25, 0.3) is 10.8 Å². The van der Waals surface area contributed by atoms with Crippen molar-refractivity contribution in [2.45, 2.75) is 4.90 Å². The van der Waals surface area contributed by atoms with E-state index >= 15 is 0 Å². The predicted molar refractivity (Wildman–Crippen MR) is 83.8 cm³/mol. The summed E-state index contributed by atoms with van der Waals surface area (Å²) in [4.78, 5) is 3.76. The topological polar surface area (TPSA) is 112 Å². The number of hydrogen-bond donors (Lipinski definition) is 2. The van der Waals surface area contributed by atoms with Crippen molar-refractivity contribution in [3.8, 4) is 5.75 Å². The van der Waals surface area contributed by atoms with Crippen LogP contribution in [0.4, 0.5) is 11.5 Å². The van der Waals surface area contributed by atoms with Crippen molar-refractivity contribution in [2.24, 2.45) is 10.2 Å². The van der Waals surface area contributed by atoms with Crippen LogP contribution in [0.1, 0.15) is 0 Å². The lowest BCUT2D eigenvalue weighted by molar-refractivity contribution is 0.477. The molecular weight excluding hydrogens is 318 g/mol. The third kappa shape index (κ3) is 3.17. The molecule has 1 heterocycles. The minimum absolute atomic E-state index is 0.100. The molecule has 0 unspecified atom stereocenters. The number of hydrogen-bond acceptors (Lipinski definition) is 6. The van der Waals surface area contributed by atoms with Gasteiger partial charge in [0.25, 0.3) is 10.1 Å². The highest BCUT2D eigenvalue weighted by molar-refractivity contribution is 7.85. The summed E-state index contributed by atoms with van der Waals surface area (Å²) >= 11 is 0. The van der Waals surface area contributed by atoms with Crippen molar-refractivity contribution in [3.05, 3.63) is 54.7 Å². The Kier molecular flexibility index (Phi) is 3.77. The number of pyridine rings is 1. The average Bonchev–Trinajstić information content (AvgIpc) is 2.53. The van der Waals surface area contributed by atoms with Crippen LogP contribution in [0, 0.1) is 0 Å². The Labute approximate surface area is 131 Å². The number of benzene rings is 2. The number of phenols is 1. The fourth-order valence-electron chi connectivity index (χ4n) is 2.06. The standard InChI is InChI=1S/C15H11N3O4S/c19-13-7-4-10-9-11(23(20,21)22)5-6-12(10)15(13)18-17-14-3-1-2-8-16-14/h1-9,19H,(H,20,21,22). The molecule has 23 heavy (non-hydrogen) atoms. The van der Waals surface area contributed by atoms with Gasteiger partial charge in [0.1, 0.15) is 11.4 Å². The van der Waals surface area contributed by atoms with Gasteiger partial charge in [0.2, 0.25) is 0 Å². The quantitative estimate of drug-likeness (QED) is 0.563. The molecule has 0 radical (unpaired) electrons. The fourth-order valence-corrected chi connectivity index (χ4v) is 2.58. The van der Waals surface area contributed by atoms with E-state index in [0.717, 1.165) is 0 Å². The Morgan fingerprint density at radius 3 is 2.52 bits per heavy atom. The molecule has 8 heteroatoms. The number of rotatable bonds is 3. The second-order valence-corrected chi connectivity index (χ2v) is 6.10. The van der Waals surface area contributed by atoms with Gasteiger partial charge in [-0.15, -0.1) is 10.2 Å². The average molecular weight is 329 g/mol. The van der Waals surface area contributed by atoms with Gasteiger partial charge >= 0.3 is 0 Å². The van der Waals surface area contributed by atoms with E-state index in [1.165, 1.54) is 30.3 Å². The van der Waals surface area contributed by atoms with E-state index in [0.29, 0.717) is 16.6 Å². The van der Waals surface area contributed by atoms with Gasteiger partial charge in [-0.1, -0.05) is 18.2 Å². The maximum atomic E-state index is 11.2. The van der Waals surface area contributed by atoms with Crippen molar-refractivity contribution in [2.75, 3.05) is 0 Å². The van der Waals surface area contributed by atoms with Gasteiger partial charge < -0.3 is 5.11 Å². The SMILES string of the molecule is O=S(=O)(O)c1ccc2c(N=Nc3ccccn3)c(O)ccc2c1. The summed E-state index contributed by atoms with van der Waals surface area (Å²) < 4.78 is 31.5. The van der Waals surface area contributed by atoms with E-state index in [-0.39, 0.29) is 16.3 Å². The molecule has 0 bridgehead atoms. The van der Waals surface area contributed by atoms with Crippen molar-refractivity contribution >= 4 is 32.4 Å². The minimum Gasteiger partial charge on any atom is -0.506 e. The molecule has 0 atom stereocenters. The summed E-state index contributed by atoms with van der Waals surface area (Å²) in [6, 6.07) is 12.0. The maximum absolute atomic E-state index is 11.2. The molecule has 0 aliphatic rings. The Hall–Kier alpha value is -2.84. The van der Waals surface area contributed by atoms with Crippen LogP contribution in [-0.2, 0) is 10.1 Å². The normalized spacial score (nSPS) is 12.0. The van der Waals surface area contributed by atoms with Crippen LogP contribution in [-0.4, -0.2) is 23.1 Å². The third-order valence-corrected chi connectivity index (χ3v) is 3.99. The van der Waals surface area contributed by atoms with Gasteiger partial charge in [-0.2, -0.15) is 8.42 Å². The molecule has 2 N–H and O–H groups in total. The van der Waals surface area contributed by atoms with Crippen LogP contribution in [0.15, 0.2) is 69.9 Å². The lowest BCUT2D eigenvalue weighted by Gasteiger charge is -2.05. The molecule has 0 aliphatic carbocycles. The van der Waals surface area contributed by atoms with E-state index in [9.17, 15) is 13.5 Å². The van der Waals surface area contributed by atoms with Crippen LogP contribution in [0.3, 0.4) is 0 Å². The molecule has 0 aliphatic heterocycles. The minimum atomic E-state index is -4.30. The van der Waals surface area contributed by atoms with Gasteiger partial charge in [0.15, 0.2) is 5.82 Å². The van der Waals surface area contributed by atoms with E-state index in [1.54, 1.807) is 24.4 Å². The molecule has 7 nitrogen and oxygen atoms in total. The van der Waals surface area contributed by atoms with Gasteiger partial charge in [-0.05, 0) is 35.7 Å². The zero-order valence-electron chi connectivity index (χ0n) is 11.7. The predicted octanol–water partition coefficient (Wildman–Crippen LogP) is 3.60. The first-order valence-corrected chi connectivity index (χ1v) is 7.95. The smallest absolute Gasteiger partial charge is 0.294 e. The van der Waals surface area contributed by atoms with Crippen LogP contribution in [0.5, 0.6) is 5.75 Å². The molecular formula is C15H11N3O4S. The van der Waals surface area contributed by atoms with Crippen LogP contribution >= 0.6 is 0 Å². The number of phenolic OH excluding ortho intramolecular Hbond substituents is 1. The molecule has 2 aromatic carbocycles. The van der Waals surface area contributed by atoms with Gasteiger partial charge in [0.05, 0.1) is 4.90 Å². The summed E-state index contributed by atoms with van der Waals surface area (Å²) in [5.74, 6) is 0.273. The van der Waals surface area contributed by atoms with E-state index in [2.05, 4.69) is 15.2 Å². The van der Waals surface area contributed by atoms with Crippen molar-refractivity contribution in [1.29, 1.82) is 0 Å². The number of fused-ring (bicyclic) bond motifs is 1. The van der Waals surface area contributed by atoms with E-state index in [4.69, 9.17) is 4.55 Å². The Balaban J connectivity index is 2.13. The molecule has 3 aromatic rings. The fraction of sp³-hybridized carbons (Fsp3) is 0. The van der Waals surface area contributed by atoms with E-state index in [1.807, 2.05) is 0 Å². The largest absolute Gasteiger partial charge is 0.506 e. The summed E-state index contributed by atoms with van der Waals surface area (Å²) in [5, 5.41) is 18.9. The molecule has 0 saturated carbocycles. The number of aromatic hydroxyl groups is 1. The number of nitrogens with zero attached hydrogens (tertiary/aromatic N) is 3. The van der Waals surface area contributed by atoms with Gasteiger partial charge in [-0.25, -0.2) is 4.98 Å². The summed E-state index contributed by atoms with van der Waals surface area (Å²) in [7, 11) is -4.30. The lowest BCUT2D eigenvalue weighted by Crippen LogP contribution is -1.97. The summed E-state index contributed by atoms with van der Waals surface area (Å²) in [6.45, 7) is 0. The highest BCUT2D eigenvalue weighted by Gasteiger charge is 2.13. The Morgan fingerprint density at radius 1 is 1.00 bits per heavy atom. The van der Waals surface area contributed by atoms with Crippen molar-refractivity contribution in [1.82, 2.24) is 4.98 Å². The van der Waals surface area contributed by atoms with Gasteiger partial charge in [0, 0.05) is 11.6 Å². The lowest BCUT2D eigenvalue weighted by atomic mass is 10.1. The van der Waals surface area contributed by atoms with Crippen molar-refractivity contribution in [3.63, 3.8) is 0 Å². The molecule has 0 amide bonds. The first kappa shape index (κ1) is 15.1. The Morgan fingerprint density at radius 2 is 1.83 bits per heavy atom. The summed E-state index contributed by atoms with van der Waals surface area (Å²) in [5.41, 5.74) is 0.190. The second kappa shape index (κ2) is 5.75. The monoisotopic (exact) mass is 329 g/mol. The van der Waals surface area contributed by atoms with Crippen molar-refractivity contribution < 1.29 is 18.1 Å². The number of aromatic nitrogens is 1. The zero-order valence-corrected chi connectivity index (χ0v) is 12.5. The zero-order chi connectivity index (χ0) is 16.4. The van der Waals surface area contributed by atoms with Gasteiger partial charge in [-0.3, -0.25) is 4.55 Å². The highest BCUT2D eigenvalue weighted by atomic mass is 32.2. The highest BCUT2D eigenvalue weighted by Crippen LogP contribution is 2.36. The molecule has 116 valence electrons. The third-order valence-electron chi connectivity index (χ3n) is 3.14. The maximum Gasteiger partial charge on any atom is 0.294 e. The first-order chi connectivity index (χ1) is 10.9. The van der Waals surface area contributed by atoms with Crippen LogP contribution < -0.4 is 0 Å². The van der Waals surface area contributed by atoms with Crippen LogP contribution in [0.2, 0.25) is 0 Å². The molecule has 1 aromatic heterocycles. The molecule has 0 saturated heterocycles.